The highest BCUT2D eigenvalue weighted by molar-refractivity contribution is 5.80. The average molecular weight is 842 g/mol. The maximum Gasteiger partial charge on any atom is 0.442 e. The fourth-order valence-corrected chi connectivity index (χ4v) is 7.34. The molecule has 1 unspecified atom stereocenters. The van der Waals surface area contributed by atoms with Gasteiger partial charge in [-0.1, -0.05) is 69.5 Å². The molecule has 1 fully saturated rings. The van der Waals surface area contributed by atoms with Crippen molar-refractivity contribution in [2.45, 2.75) is 71.1 Å². The smallest absolute Gasteiger partial charge is 0.442 e. The van der Waals surface area contributed by atoms with Crippen molar-refractivity contribution in [1.82, 2.24) is 9.47 Å². The van der Waals surface area contributed by atoms with Crippen LogP contribution in [0.4, 0.5) is 13.2 Å². The van der Waals surface area contributed by atoms with Gasteiger partial charge in [0, 0.05) is 12.1 Å². The predicted octanol–water partition coefficient (Wildman–Crippen LogP) is 4.36. The van der Waals surface area contributed by atoms with Crippen LogP contribution in [-0.2, 0) is 40.1 Å². The number of aromatic nitrogens is 2. The van der Waals surface area contributed by atoms with Gasteiger partial charge in [0.25, 0.3) is 5.82 Å². The normalized spacial score (nSPS) is 19.1. The summed E-state index contributed by atoms with van der Waals surface area (Å²) in [6.45, 7) is 6.83. The zero-order valence-electron chi connectivity index (χ0n) is 30.1. The van der Waals surface area contributed by atoms with Gasteiger partial charge in [-0.3, -0.25) is 9.69 Å². The highest BCUT2D eigenvalue weighted by Gasteiger charge is 2.65. The number of fused-ring (bicyclic) bond motifs is 1. The molecular formula is C40H43F3IN5O4. The number of aryl methyl sites for hydroxylation is 1. The largest absolute Gasteiger partial charge is 1.00 e. The van der Waals surface area contributed by atoms with Crippen molar-refractivity contribution in [3.63, 3.8) is 0 Å². The number of esters is 2. The summed E-state index contributed by atoms with van der Waals surface area (Å²) in [5.74, 6) is 4.09. The zero-order valence-corrected chi connectivity index (χ0v) is 32.3. The van der Waals surface area contributed by atoms with Crippen LogP contribution in [0.1, 0.15) is 51.2 Å². The molecule has 2 aliphatic rings. The molecule has 0 N–H and O–H groups in total. The van der Waals surface area contributed by atoms with Gasteiger partial charge in [0.15, 0.2) is 17.6 Å². The number of ether oxygens (including phenoxy) is 2. The summed E-state index contributed by atoms with van der Waals surface area (Å²) in [5, 5.41) is 6.47. The maximum atomic E-state index is 13.5. The number of imidazole rings is 1. The SMILES string of the molecule is C#CCN(CC(=O)Oc1ccc(-c2n(CC(=O)OC3C[C@H](C)CC[C@H]3C(C)C)c3ccccc3[n+]2C)cc1)Cc1ccc(C2(C(F)(F)F)N=N2)cc1.[I-]. The highest BCUT2D eigenvalue weighted by Crippen LogP contribution is 2.52. The monoisotopic (exact) mass is 841 g/mol. The van der Waals surface area contributed by atoms with Gasteiger partial charge in [-0.15, -0.1) is 16.7 Å². The van der Waals surface area contributed by atoms with Crippen molar-refractivity contribution in [3.8, 4) is 29.5 Å². The lowest BCUT2D eigenvalue weighted by Gasteiger charge is -2.36. The third-order valence-electron chi connectivity index (χ3n) is 10.1. The number of hydrogen-bond donors (Lipinski definition) is 0. The topological polar surface area (TPSA) is 89.4 Å². The Morgan fingerprint density at radius 1 is 1.04 bits per heavy atom. The molecule has 280 valence electrons. The molecule has 1 saturated carbocycles. The second-order valence-corrected chi connectivity index (χ2v) is 14.2. The maximum absolute atomic E-state index is 13.5. The van der Waals surface area contributed by atoms with E-state index < -0.39 is 17.8 Å². The number of alkyl halides is 3. The third kappa shape index (κ3) is 8.75. The first kappa shape index (κ1) is 39.9. The number of para-hydroxylation sites is 2. The van der Waals surface area contributed by atoms with E-state index in [1.807, 2.05) is 52.6 Å². The Balaban J connectivity index is 0.00000541. The van der Waals surface area contributed by atoms with E-state index >= 15 is 0 Å². The summed E-state index contributed by atoms with van der Waals surface area (Å²) in [6, 6.07) is 20.7. The molecule has 2 heterocycles. The van der Waals surface area contributed by atoms with Gasteiger partial charge in [0.2, 0.25) is 0 Å². The van der Waals surface area contributed by atoms with Gasteiger partial charge in [-0.05, 0) is 72.6 Å². The molecule has 13 heteroatoms. The van der Waals surface area contributed by atoms with Crippen LogP contribution in [0.3, 0.4) is 0 Å². The molecule has 6 rings (SSSR count). The van der Waals surface area contributed by atoms with Gasteiger partial charge in [0.1, 0.15) is 11.9 Å². The number of halogens is 4. The van der Waals surface area contributed by atoms with Crippen LogP contribution >= 0.6 is 0 Å². The second kappa shape index (κ2) is 16.4. The van der Waals surface area contributed by atoms with Gasteiger partial charge in [-0.25, -0.2) is 13.9 Å². The molecule has 53 heavy (non-hydrogen) atoms. The fraction of sp³-hybridized carbons (Fsp3) is 0.425. The summed E-state index contributed by atoms with van der Waals surface area (Å²) in [6.07, 6.45) is 3.90. The number of carbonyl (C=O) groups is 2. The van der Waals surface area contributed by atoms with Crippen LogP contribution < -0.4 is 33.3 Å². The molecule has 1 aliphatic carbocycles. The molecular weight excluding hydrogens is 798 g/mol. The van der Waals surface area contributed by atoms with Crippen LogP contribution in [-0.4, -0.2) is 46.8 Å². The molecule has 0 bridgehead atoms. The Morgan fingerprint density at radius 2 is 1.72 bits per heavy atom. The molecule has 0 amide bonds. The van der Waals surface area contributed by atoms with Crippen LogP contribution in [0.5, 0.6) is 5.75 Å². The lowest BCUT2D eigenvalue weighted by molar-refractivity contribution is -0.634. The molecule has 3 aromatic carbocycles. The van der Waals surface area contributed by atoms with Gasteiger partial charge in [0.05, 0.1) is 25.7 Å². The predicted molar refractivity (Wildman–Crippen MR) is 189 cm³/mol. The molecule has 0 saturated heterocycles. The van der Waals surface area contributed by atoms with E-state index in [9.17, 15) is 22.8 Å². The second-order valence-electron chi connectivity index (χ2n) is 14.2. The van der Waals surface area contributed by atoms with E-state index in [2.05, 4.69) is 36.9 Å². The number of rotatable bonds is 12. The summed E-state index contributed by atoms with van der Waals surface area (Å²) in [5.41, 5.74) is 0.758. The van der Waals surface area contributed by atoms with Crippen molar-refractivity contribution in [3.05, 3.63) is 83.9 Å². The van der Waals surface area contributed by atoms with Crippen molar-refractivity contribution >= 4 is 23.0 Å². The fourth-order valence-electron chi connectivity index (χ4n) is 7.34. The van der Waals surface area contributed by atoms with E-state index in [0.29, 0.717) is 29.1 Å². The van der Waals surface area contributed by atoms with Crippen LogP contribution in [0.2, 0.25) is 0 Å². The Hall–Kier alpha value is -4.29. The minimum Gasteiger partial charge on any atom is -1.00 e. The summed E-state index contributed by atoms with van der Waals surface area (Å²) < 4.78 is 56.0. The first-order valence-corrected chi connectivity index (χ1v) is 17.5. The van der Waals surface area contributed by atoms with Crippen LogP contribution in [0.15, 0.2) is 83.0 Å². The van der Waals surface area contributed by atoms with Gasteiger partial charge in [-0.2, -0.15) is 13.2 Å². The molecule has 0 spiro atoms. The van der Waals surface area contributed by atoms with Gasteiger partial charge >= 0.3 is 23.8 Å². The Morgan fingerprint density at radius 3 is 2.34 bits per heavy atom. The number of carbonyl (C=O) groups excluding carboxylic acids is 2. The van der Waals surface area contributed by atoms with Crippen LogP contribution in [0, 0.1) is 30.1 Å². The summed E-state index contributed by atoms with van der Waals surface area (Å²) in [7, 11) is 1.95. The lowest BCUT2D eigenvalue weighted by atomic mass is 9.75. The molecule has 3 atom stereocenters. The minimum absolute atomic E-state index is 0. The number of benzene rings is 3. The van der Waals surface area contributed by atoms with E-state index in [4.69, 9.17) is 15.9 Å². The van der Waals surface area contributed by atoms with E-state index in [1.54, 1.807) is 17.0 Å². The first-order chi connectivity index (χ1) is 24.8. The Bertz CT molecular complexity index is 2000. The third-order valence-corrected chi connectivity index (χ3v) is 10.1. The summed E-state index contributed by atoms with van der Waals surface area (Å²) >= 11 is 0. The van der Waals surface area contributed by atoms with E-state index in [-0.39, 0.29) is 67.8 Å². The molecule has 1 aromatic heterocycles. The standard InChI is InChI=1S/C40H43F3N5O4.HI/c1-6-21-47(23-28-12-16-30(17-13-28)39(44-45-39)40(41,42)43)24-36(49)51-31-18-14-29(15-19-31)38-46(5)33-9-7-8-10-34(33)48(38)25-37(50)52-35-22-27(4)11-20-32(35)26(2)3;/h1,7-10,12-19,26-27,32,35H,11,20-25H2,2-5H3;1H/q+1;/p-1/t27-,32+,35?;/m1./s1. The van der Waals surface area contributed by atoms with Gasteiger partial charge < -0.3 is 33.5 Å². The molecule has 0 radical (unpaired) electrons. The van der Waals surface area contributed by atoms with Crippen molar-refractivity contribution in [1.29, 1.82) is 0 Å². The van der Waals surface area contributed by atoms with Crippen LogP contribution in [0.25, 0.3) is 22.4 Å². The first-order valence-electron chi connectivity index (χ1n) is 17.5. The average Bonchev–Trinajstić information content (AvgIpc) is 3.87. The zero-order chi connectivity index (χ0) is 37.2. The molecule has 4 aromatic rings. The highest BCUT2D eigenvalue weighted by atomic mass is 127. The number of terminal acetylenes is 1. The van der Waals surface area contributed by atoms with E-state index in [1.165, 1.54) is 24.3 Å². The van der Waals surface area contributed by atoms with Crippen molar-refractivity contribution in [2.75, 3.05) is 13.1 Å². The molecule has 9 nitrogen and oxygen atoms in total. The Kier molecular flexibility index (Phi) is 12.3. The number of nitrogens with zero attached hydrogens (tertiary/aromatic N) is 5. The Labute approximate surface area is 324 Å². The quantitative estimate of drug-likeness (QED) is 0.0697. The molecule has 1 aliphatic heterocycles. The van der Waals surface area contributed by atoms with E-state index in [0.717, 1.165) is 41.7 Å². The summed E-state index contributed by atoms with van der Waals surface area (Å²) in [4.78, 5) is 28.2. The van der Waals surface area contributed by atoms with Crippen molar-refractivity contribution in [2.24, 2.45) is 35.0 Å². The minimum atomic E-state index is -4.61. The lowest BCUT2D eigenvalue weighted by Crippen LogP contribution is -3.00. The number of hydrogen-bond acceptors (Lipinski definition) is 7. The van der Waals surface area contributed by atoms with Crippen molar-refractivity contribution < 1.29 is 60.8 Å².